The lowest BCUT2D eigenvalue weighted by atomic mass is 9.74. The molecule has 0 fully saturated rings. The first-order chi connectivity index (χ1) is 19.7. The molecule has 0 unspecified atom stereocenters. The third kappa shape index (κ3) is 5.53. The van der Waals surface area contributed by atoms with E-state index in [2.05, 4.69) is 83.6 Å². The number of aromatic nitrogens is 5. The maximum Gasteiger partial charge on any atom is 0.103 e. The zero-order chi connectivity index (χ0) is 29.1. The second-order valence-corrected chi connectivity index (χ2v) is 11.4. The fourth-order valence-electron chi connectivity index (χ4n) is 5.52. The zero-order valence-electron chi connectivity index (χ0n) is 24.1. The van der Waals surface area contributed by atoms with Crippen molar-refractivity contribution >= 4 is 28.2 Å². The number of hydrogen-bond donors (Lipinski definition) is 1. The van der Waals surface area contributed by atoms with Gasteiger partial charge in [0.05, 0.1) is 33.5 Å². The molecule has 0 amide bonds. The molecule has 0 saturated carbocycles. The summed E-state index contributed by atoms with van der Waals surface area (Å²) in [5.41, 5.74) is 6.36. The van der Waals surface area contributed by atoms with E-state index < -0.39 is 5.41 Å². The zero-order valence-corrected chi connectivity index (χ0v) is 24.8. The Balaban J connectivity index is 1.65. The minimum Gasteiger partial charge on any atom is -0.377 e. The molecule has 3 aromatic heterocycles. The first kappa shape index (κ1) is 28.3. The van der Waals surface area contributed by atoms with Gasteiger partial charge in [0.1, 0.15) is 6.07 Å². The standard InChI is InChI=1S/C33H34ClN7/c1-6-29(24-11-8-7-9-12-24)38-31-25(18-35)19-37-32-26(31)15-23(16-28(32)34)17-33(5,27-13-10-14-36-22(27)4)30-20-41(21(2)3)40-39-30/h7-16,19-21,29H,6,17H2,1-5H3,(H,37,38)/t29-,33+/m1/s1. The van der Waals surface area contributed by atoms with Gasteiger partial charge < -0.3 is 5.32 Å². The van der Waals surface area contributed by atoms with Gasteiger partial charge in [0.15, 0.2) is 0 Å². The average molecular weight is 564 g/mol. The van der Waals surface area contributed by atoms with Crippen molar-refractivity contribution < 1.29 is 0 Å². The fourth-order valence-corrected chi connectivity index (χ4v) is 5.81. The third-order valence-corrected chi connectivity index (χ3v) is 8.09. The number of benzene rings is 2. The molecule has 0 radical (unpaired) electrons. The maximum atomic E-state index is 10.0. The van der Waals surface area contributed by atoms with Gasteiger partial charge in [0, 0.05) is 41.1 Å². The molecule has 5 rings (SSSR count). The molecule has 0 aliphatic rings. The van der Waals surface area contributed by atoms with Crippen molar-refractivity contribution in [2.45, 2.75) is 65.0 Å². The second kappa shape index (κ2) is 11.7. The van der Waals surface area contributed by atoms with E-state index in [1.807, 2.05) is 48.1 Å². The van der Waals surface area contributed by atoms with Crippen LogP contribution in [0.3, 0.4) is 0 Å². The number of halogens is 1. The Kier molecular flexibility index (Phi) is 8.05. The maximum absolute atomic E-state index is 10.0. The largest absolute Gasteiger partial charge is 0.377 e. The van der Waals surface area contributed by atoms with Crippen molar-refractivity contribution in [1.82, 2.24) is 25.0 Å². The predicted octanol–water partition coefficient (Wildman–Crippen LogP) is 7.75. The van der Waals surface area contributed by atoms with Crippen LogP contribution in [-0.2, 0) is 11.8 Å². The Morgan fingerprint density at radius 3 is 2.54 bits per heavy atom. The highest BCUT2D eigenvalue weighted by atomic mass is 35.5. The topological polar surface area (TPSA) is 92.3 Å². The third-order valence-electron chi connectivity index (χ3n) is 7.80. The lowest BCUT2D eigenvalue weighted by molar-refractivity contribution is 0.513. The molecule has 0 aliphatic carbocycles. The molecule has 3 heterocycles. The van der Waals surface area contributed by atoms with E-state index in [0.717, 1.165) is 45.6 Å². The fraction of sp³-hybridized carbons (Fsp3) is 0.303. The molecule has 2 aromatic carbocycles. The summed E-state index contributed by atoms with van der Waals surface area (Å²) in [6.45, 7) is 10.5. The summed E-state index contributed by atoms with van der Waals surface area (Å²) in [6, 6.07) is 20.9. The second-order valence-electron chi connectivity index (χ2n) is 11.0. The number of hydrogen-bond acceptors (Lipinski definition) is 6. The van der Waals surface area contributed by atoms with Gasteiger partial charge in [-0.15, -0.1) is 5.10 Å². The molecule has 8 heteroatoms. The van der Waals surface area contributed by atoms with Crippen molar-refractivity contribution in [1.29, 1.82) is 5.26 Å². The Bertz CT molecular complexity index is 1720. The monoisotopic (exact) mass is 563 g/mol. The number of pyridine rings is 2. The lowest BCUT2D eigenvalue weighted by Crippen LogP contribution is -2.29. The van der Waals surface area contributed by atoms with E-state index in [1.165, 1.54) is 0 Å². The van der Waals surface area contributed by atoms with Gasteiger partial charge in [-0.1, -0.05) is 60.1 Å². The van der Waals surface area contributed by atoms with Crippen LogP contribution >= 0.6 is 11.6 Å². The minimum absolute atomic E-state index is 0.0192. The van der Waals surface area contributed by atoms with Crippen molar-refractivity contribution in [2.24, 2.45) is 0 Å². The van der Waals surface area contributed by atoms with Crippen LogP contribution < -0.4 is 5.32 Å². The van der Waals surface area contributed by atoms with Gasteiger partial charge >= 0.3 is 0 Å². The molecule has 1 N–H and O–H groups in total. The molecule has 5 aromatic rings. The molecule has 7 nitrogen and oxygen atoms in total. The predicted molar refractivity (Wildman–Crippen MR) is 164 cm³/mol. The van der Waals surface area contributed by atoms with E-state index in [9.17, 15) is 5.26 Å². The van der Waals surface area contributed by atoms with Crippen LogP contribution in [0.2, 0.25) is 5.02 Å². The smallest absolute Gasteiger partial charge is 0.103 e. The van der Waals surface area contributed by atoms with Gasteiger partial charge in [-0.05, 0) is 75.4 Å². The van der Waals surface area contributed by atoms with Crippen LogP contribution in [0.1, 0.15) is 79.8 Å². The Morgan fingerprint density at radius 1 is 1.10 bits per heavy atom. The van der Waals surface area contributed by atoms with Crippen LogP contribution in [0.15, 0.2) is 73.2 Å². The number of aryl methyl sites for hydroxylation is 1. The van der Waals surface area contributed by atoms with E-state index in [-0.39, 0.29) is 12.1 Å². The normalized spacial score (nSPS) is 13.6. The summed E-state index contributed by atoms with van der Waals surface area (Å²) in [5, 5.41) is 24.1. The van der Waals surface area contributed by atoms with Gasteiger partial charge in [0.2, 0.25) is 0 Å². The number of anilines is 1. The van der Waals surface area contributed by atoms with Crippen LogP contribution in [0.5, 0.6) is 0 Å². The SMILES string of the molecule is CC[C@@H](Nc1c(C#N)cnc2c(Cl)cc(C[C@](C)(c3cn(C(C)C)nn3)c3cccnc3C)cc12)c1ccccc1. The molecule has 0 aliphatic heterocycles. The Labute approximate surface area is 246 Å². The summed E-state index contributed by atoms with van der Waals surface area (Å²) in [5.74, 6) is 0. The van der Waals surface area contributed by atoms with Crippen LogP contribution in [-0.4, -0.2) is 25.0 Å². The Morgan fingerprint density at radius 2 is 1.88 bits per heavy atom. The van der Waals surface area contributed by atoms with Crippen LogP contribution in [0.4, 0.5) is 5.69 Å². The molecule has 2 atom stereocenters. The number of nitrogens with one attached hydrogen (secondary N) is 1. The number of fused-ring (bicyclic) bond motifs is 1. The van der Waals surface area contributed by atoms with Gasteiger partial charge in [0.25, 0.3) is 0 Å². The highest BCUT2D eigenvalue weighted by Gasteiger charge is 2.35. The van der Waals surface area contributed by atoms with E-state index in [1.54, 1.807) is 12.4 Å². The van der Waals surface area contributed by atoms with Crippen molar-refractivity contribution in [2.75, 3.05) is 5.32 Å². The lowest BCUT2D eigenvalue weighted by Gasteiger charge is -2.30. The molecule has 0 spiro atoms. The summed E-state index contributed by atoms with van der Waals surface area (Å²) >= 11 is 6.90. The first-order valence-corrected chi connectivity index (χ1v) is 14.3. The van der Waals surface area contributed by atoms with Crippen molar-refractivity contribution in [3.05, 3.63) is 112 Å². The number of rotatable bonds is 9. The quantitative estimate of drug-likeness (QED) is 0.197. The highest BCUT2D eigenvalue weighted by molar-refractivity contribution is 6.35. The summed E-state index contributed by atoms with van der Waals surface area (Å²) in [6.07, 6.45) is 6.87. The summed E-state index contributed by atoms with van der Waals surface area (Å²) in [7, 11) is 0. The van der Waals surface area contributed by atoms with Gasteiger partial charge in [-0.3, -0.25) is 9.97 Å². The molecule has 208 valence electrons. The molecule has 41 heavy (non-hydrogen) atoms. The summed E-state index contributed by atoms with van der Waals surface area (Å²) < 4.78 is 1.88. The van der Waals surface area contributed by atoms with Gasteiger partial charge in [-0.2, -0.15) is 5.26 Å². The van der Waals surface area contributed by atoms with Crippen LogP contribution in [0.25, 0.3) is 10.9 Å². The summed E-state index contributed by atoms with van der Waals surface area (Å²) in [4.78, 5) is 9.17. The minimum atomic E-state index is -0.535. The first-order valence-electron chi connectivity index (χ1n) is 13.9. The molecule has 0 bridgehead atoms. The average Bonchev–Trinajstić information content (AvgIpc) is 3.48. The highest BCUT2D eigenvalue weighted by Crippen LogP contribution is 2.39. The molecule has 0 saturated heterocycles. The van der Waals surface area contributed by atoms with Crippen molar-refractivity contribution in [3.63, 3.8) is 0 Å². The molecular formula is C33H34ClN7. The molecular weight excluding hydrogens is 530 g/mol. The van der Waals surface area contributed by atoms with E-state index in [4.69, 9.17) is 11.6 Å². The van der Waals surface area contributed by atoms with Crippen LogP contribution in [0, 0.1) is 18.3 Å². The Hall–Kier alpha value is -4.28. The number of nitriles is 1. The van der Waals surface area contributed by atoms with E-state index >= 15 is 0 Å². The number of nitrogens with zero attached hydrogens (tertiary/aromatic N) is 6. The van der Waals surface area contributed by atoms with E-state index in [0.29, 0.717) is 22.5 Å². The van der Waals surface area contributed by atoms with Crippen molar-refractivity contribution in [3.8, 4) is 6.07 Å². The van der Waals surface area contributed by atoms with Gasteiger partial charge in [-0.25, -0.2) is 4.68 Å².